The van der Waals surface area contributed by atoms with Crippen LogP contribution in [0, 0.1) is 0 Å². The van der Waals surface area contributed by atoms with E-state index in [4.69, 9.17) is 4.98 Å². The molecule has 0 aliphatic carbocycles. The van der Waals surface area contributed by atoms with Gasteiger partial charge in [0, 0.05) is 36.6 Å². The molecule has 0 aliphatic rings. The molecule has 0 saturated heterocycles. The van der Waals surface area contributed by atoms with Gasteiger partial charge >= 0.3 is 0 Å². The third-order valence-electron chi connectivity index (χ3n) is 8.13. The number of hydrogen-bond acceptors (Lipinski definition) is 2. The van der Waals surface area contributed by atoms with Crippen molar-refractivity contribution in [2.45, 2.75) is 0 Å². The Labute approximate surface area is 234 Å². The highest BCUT2D eigenvalue weighted by Gasteiger charge is 2.17. The molecule has 2 nitrogen and oxygen atoms in total. The quantitative estimate of drug-likeness (QED) is 0.219. The summed E-state index contributed by atoms with van der Waals surface area (Å²) in [6.45, 7) is 0. The molecule has 0 saturated carbocycles. The average molecular weight is 527 g/mol. The van der Waals surface area contributed by atoms with Crippen molar-refractivity contribution in [2.75, 3.05) is 0 Å². The highest BCUT2D eigenvalue weighted by molar-refractivity contribution is 7.26. The van der Waals surface area contributed by atoms with E-state index in [1.807, 2.05) is 11.3 Å². The number of hydrogen-bond donors (Lipinski definition) is 0. The van der Waals surface area contributed by atoms with E-state index < -0.39 is 0 Å². The summed E-state index contributed by atoms with van der Waals surface area (Å²) in [6, 6.07) is 48.2. The van der Waals surface area contributed by atoms with Crippen molar-refractivity contribution in [1.82, 2.24) is 9.55 Å². The van der Waals surface area contributed by atoms with Gasteiger partial charge in [0.1, 0.15) is 0 Å². The van der Waals surface area contributed by atoms with Crippen molar-refractivity contribution >= 4 is 75.1 Å². The Bertz CT molecular complexity index is 2430. The zero-order chi connectivity index (χ0) is 26.2. The lowest BCUT2D eigenvalue weighted by molar-refractivity contribution is 1.18. The maximum absolute atomic E-state index is 5.30. The summed E-state index contributed by atoms with van der Waals surface area (Å²) >= 11 is 1.86. The number of nitrogens with zero attached hydrogens (tertiary/aromatic N) is 2. The first-order chi connectivity index (χ1) is 19.8. The molecular formula is C37H22N2S. The predicted octanol–water partition coefficient (Wildman–Crippen LogP) is 10.5. The van der Waals surface area contributed by atoms with Crippen LogP contribution in [0.5, 0.6) is 0 Å². The number of fused-ring (bicyclic) bond motifs is 9. The van der Waals surface area contributed by atoms with Gasteiger partial charge in [-0.1, -0.05) is 91.0 Å². The van der Waals surface area contributed by atoms with Gasteiger partial charge in [0.25, 0.3) is 0 Å². The zero-order valence-electron chi connectivity index (χ0n) is 21.5. The summed E-state index contributed by atoms with van der Waals surface area (Å²) in [5.74, 6) is 0. The van der Waals surface area contributed by atoms with E-state index in [9.17, 15) is 0 Å². The molecule has 3 aromatic heterocycles. The number of benzene rings is 6. The van der Waals surface area contributed by atoms with Crippen LogP contribution < -0.4 is 0 Å². The molecule has 0 amide bonds. The fourth-order valence-corrected chi connectivity index (χ4v) is 7.44. The lowest BCUT2D eigenvalue weighted by atomic mass is 10.0. The van der Waals surface area contributed by atoms with Gasteiger partial charge in [0.05, 0.1) is 22.1 Å². The molecule has 0 fully saturated rings. The number of aromatic nitrogens is 2. The van der Waals surface area contributed by atoms with Crippen molar-refractivity contribution in [3.8, 4) is 16.8 Å². The molecule has 0 radical (unpaired) electrons. The molecule has 3 heteroatoms. The second kappa shape index (κ2) is 8.25. The van der Waals surface area contributed by atoms with Gasteiger partial charge in [0.2, 0.25) is 0 Å². The monoisotopic (exact) mass is 526 g/mol. The van der Waals surface area contributed by atoms with E-state index in [2.05, 4.69) is 138 Å². The fourth-order valence-electron chi connectivity index (χ4n) is 6.30. The first-order valence-electron chi connectivity index (χ1n) is 13.6. The number of pyridine rings is 1. The number of para-hydroxylation sites is 1. The Kier molecular flexibility index (Phi) is 4.52. The Morgan fingerprint density at radius 3 is 2.23 bits per heavy atom. The van der Waals surface area contributed by atoms with Crippen molar-refractivity contribution in [3.63, 3.8) is 0 Å². The van der Waals surface area contributed by atoms with Gasteiger partial charge in [-0.25, -0.2) is 4.98 Å². The summed E-state index contributed by atoms with van der Waals surface area (Å²) in [4.78, 5) is 5.30. The third kappa shape index (κ3) is 3.13. The van der Waals surface area contributed by atoms with Crippen molar-refractivity contribution in [3.05, 3.63) is 133 Å². The summed E-state index contributed by atoms with van der Waals surface area (Å²) < 4.78 is 4.97. The lowest BCUT2D eigenvalue weighted by Crippen LogP contribution is -1.94. The molecule has 0 unspecified atom stereocenters. The van der Waals surface area contributed by atoms with Crippen LogP contribution in [-0.4, -0.2) is 9.55 Å². The van der Waals surface area contributed by atoms with Gasteiger partial charge < -0.3 is 4.57 Å². The van der Waals surface area contributed by atoms with Crippen LogP contribution in [0.3, 0.4) is 0 Å². The van der Waals surface area contributed by atoms with E-state index in [0.717, 1.165) is 27.6 Å². The lowest BCUT2D eigenvalue weighted by Gasteiger charge is -2.10. The van der Waals surface area contributed by atoms with Crippen LogP contribution in [0.4, 0.5) is 0 Å². The molecule has 9 aromatic rings. The van der Waals surface area contributed by atoms with Crippen LogP contribution in [0.2, 0.25) is 0 Å². The molecule has 0 N–H and O–H groups in total. The van der Waals surface area contributed by atoms with Gasteiger partial charge in [-0.3, -0.25) is 0 Å². The summed E-state index contributed by atoms with van der Waals surface area (Å²) in [6.07, 6.45) is 0. The zero-order valence-corrected chi connectivity index (χ0v) is 22.3. The van der Waals surface area contributed by atoms with Crippen LogP contribution >= 0.6 is 11.3 Å². The molecular weight excluding hydrogens is 504 g/mol. The minimum atomic E-state index is 1.04. The SMILES string of the molecule is c1ccc(-c2cccc(-n3c4ccccc4c4nc5cc6sc7ccc8ccccc8c7c6cc5cc43)c2)cc1. The minimum Gasteiger partial charge on any atom is -0.308 e. The molecule has 0 atom stereocenters. The van der Waals surface area contributed by atoms with Gasteiger partial charge in [-0.15, -0.1) is 11.3 Å². The standard InChI is InChI=1S/C37H22N2S/c1-2-9-23(10-3-1)25-12-8-13-27(19-25)39-32-16-7-6-15-29(32)37-33(39)21-26-20-30-35(22-31(26)38-37)40-34-18-17-24-11-4-5-14-28(24)36(30)34/h1-22H. The number of thiophene rings is 1. The second-order valence-electron chi connectivity index (χ2n) is 10.4. The Morgan fingerprint density at radius 1 is 0.500 bits per heavy atom. The molecule has 0 bridgehead atoms. The molecule has 186 valence electrons. The van der Waals surface area contributed by atoms with Crippen molar-refractivity contribution < 1.29 is 0 Å². The predicted molar refractivity (Wildman–Crippen MR) is 172 cm³/mol. The summed E-state index contributed by atoms with van der Waals surface area (Å²) in [5.41, 5.74) is 7.94. The maximum atomic E-state index is 5.30. The van der Waals surface area contributed by atoms with E-state index in [1.165, 1.54) is 53.0 Å². The average Bonchev–Trinajstić information content (AvgIpc) is 3.54. The molecule has 40 heavy (non-hydrogen) atoms. The highest BCUT2D eigenvalue weighted by atomic mass is 32.1. The molecule has 9 rings (SSSR count). The third-order valence-corrected chi connectivity index (χ3v) is 9.25. The molecule has 0 spiro atoms. The summed E-state index contributed by atoms with van der Waals surface area (Å²) in [5, 5.41) is 7.58. The van der Waals surface area contributed by atoms with Crippen LogP contribution in [0.15, 0.2) is 133 Å². The largest absolute Gasteiger partial charge is 0.308 e. The van der Waals surface area contributed by atoms with E-state index in [-0.39, 0.29) is 0 Å². The Hall–Kier alpha value is -4.99. The van der Waals surface area contributed by atoms with Gasteiger partial charge in [0.15, 0.2) is 0 Å². The highest BCUT2D eigenvalue weighted by Crippen LogP contribution is 2.41. The van der Waals surface area contributed by atoms with Crippen LogP contribution in [0.25, 0.3) is 80.6 Å². The normalized spacial score (nSPS) is 12.0. The van der Waals surface area contributed by atoms with E-state index in [1.54, 1.807) is 0 Å². The van der Waals surface area contributed by atoms with E-state index >= 15 is 0 Å². The first kappa shape index (κ1) is 21.9. The van der Waals surface area contributed by atoms with Gasteiger partial charge in [-0.05, 0) is 64.4 Å². The maximum Gasteiger partial charge on any atom is 0.0971 e. The summed E-state index contributed by atoms with van der Waals surface area (Å²) in [7, 11) is 0. The molecule has 0 aliphatic heterocycles. The Balaban J connectivity index is 1.36. The minimum absolute atomic E-state index is 1.04. The smallest absolute Gasteiger partial charge is 0.0971 e. The molecule has 3 heterocycles. The number of rotatable bonds is 2. The fraction of sp³-hybridized carbons (Fsp3) is 0. The first-order valence-corrected chi connectivity index (χ1v) is 14.4. The van der Waals surface area contributed by atoms with Crippen LogP contribution in [0.1, 0.15) is 0 Å². The Morgan fingerprint density at radius 2 is 1.30 bits per heavy atom. The van der Waals surface area contributed by atoms with E-state index in [0.29, 0.717) is 0 Å². The van der Waals surface area contributed by atoms with Crippen molar-refractivity contribution in [2.24, 2.45) is 0 Å². The van der Waals surface area contributed by atoms with Crippen LogP contribution in [-0.2, 0) is 0 Å². The molecule has 6 aromatic carbocycles. The topological polar surface area (TPSA) is 17.8 Å². The van der Waals surface area contributed by atoms with Gasteiger partial charge in [-0.2, -0.15) is 0 Å². The second-order valence-corrected chi connectivity index (χ2v) is 11.5. The van der Waals surface area contributed by atoms with Crippen molar-refractivity contribution in [1.29, 1.82) is 0 Å².